The smallest absolute Gasteiger partial charge is 0.134 e. The zero-order valence-corrected chi connectivity index (χ0v) is 10.3. The molecule has 0 bridgehead atoms. The molecule has 1 aliphatic rings. The molecule has 2 aromatic rings. The molecule has 2 heterocycles. The summed E-state index contributed by atoms with van der Waals surface area (Å²) in [5, 5.41) is 13.9. The van der Waals surface area contributed by atoms with E-state index in [1.54, 1.807) is 12.3 Å². The van der Waals surface area contributed by atoms with Crippen LogP contribution in [0, 0.1) is 0 Å². The molecule has 0 amide bonds. The molecule has 18 heavy (non-hydrogen) atoms. The van der Waals surface area contributed by atoms with E-state index in [0.29, 0.717) is 6.04 Å². The minimum absolute atomic E-state index is 0.193. The van der Waals surface area contributed by atoms with Gasteiger partial charge in [-0.15, -0.1) is 0 Å². The van der Waals surface area contributed by atoms with E-state index < -0.39 is 0 Å². The van der Waals surface area contributed by atoms with Gasteiger partial charge in [0, 0.05) is 23.5 Å². The van der Waals surface area contributed by atoms with Crippen LogP contribution in [-0.4, -0.2) is 19.9 Å². The van der Waals surface area contributed by atoms with E-state index in [1.807, 2.05) is 6.20 Å². The Balaban J connectivity index is 1.84. The number of hydrogen-bond donors (Lipinski definition) is 1. The van der Waals surface area contributed by atoms with Gasteiger partial charge in [0.2, 0.25) is 0 Å². The van der Waals surface area contributed by atoms with Crippen molar-refractivity contribution in [2.24, 2.45) is 0 Å². The monoisotopic (exact) mass is 243 g/mol. The normalized spacial score (nSPS) is 16.9. The average molecular weight is 243 g/mol. The van der Waals surface area contributed by atoms with Crippen LogP contribution in [0.5, 0.6) is 5.75 Å². The molecule has 4 heteroatoms. The Kier molecular flexibility index (Phi) is 3.00. The first-order chi connectivity index (χ1) is 8.83. The highest BCUT2D eigenvalue weighted by Gasteiger charge is 2.16. The van der Waals surface area contributed by atoms with E-state index in [0.717, 1.165) is 11.1 Å². The van der Waals surface area contributed by atoms with E-state index in [9.17, 15) is 5.11 Å². The first kappa shape index (κ1) is 11.3. The molecular weight excluding hydrogens is 226 g/mol. The third-order valence-electron chi connectivity index (χ3n) is 3.61. The van der Waals surface area contributed by atoms with Crippen molar-refractivity contribution in [2.75, 3.05) is 0 Å². The molecule has 0 spiro atoms. The number of pyridine rings is 1. The summed E-state index contributed by atoms with van der Waals surface area (Å²) in [6.45, 7) is 0. The molecule has 0 atom stereocenters. The van der Waals surface area contributed by atoms with E-state index in [1.165, 1.54) is 38.3 Å². The average Bonchev–Trinajstić information content (AvgIpc) is 2.89. The van der Waals surface area contributed by atoms with Crippen molar-refractivity contribution in [3.05, 3.63) is 30.9 Å². The molecule has 94 valence electrons. The maximum Gasteiger partial charge on any atom is 0.134 e. The highest BCUT2D eigenvalue weighted by atomic mass is 16.3. The lowest BCUT2D eigenvalue weighted by molar-refractivity contribution is 0.329. The molecule has 0 radical (unpaired) electrons. The summed E-state index contributed by atoms with van der Waals surface area (Å²) in [5.74, 6) is 0.193. The number of hydrogen-bond acceptors (Lipinski definition) is 3. The number of rotatable bonds is 2. The Labute approximate surface area is 106 Å². The highest BCUT2D eigenvalue weighted by molar-refractivity contribution is 5.61. The summed E-state index contributed by atoms with van der Waals surface area (Å²) in [5.41, 5.74) is 1.93. The maximum atomic E-state index is 9.44. The Morgan fingerprint density at radius 1 is 1.06 bits per heavy atom. The lowest BCUT2D eigenvalue weighted by Crippen LogP contribution is -2.12. The van der Waals surface area contributed by atoms with Gasteiger partial charge in [0.1, 0.15) is 5.75 Å². The maximum absolute atomic E-state index is 9.44. The van der Waals surface area contributed by atoms with Crippen molar-refractivity contribution >= 4 is 0 Å². The number of nitrogens with zero attached hydrogens (tertiary/aromatic N) is 3. The van der Waals surface area contributed by atoms with Crippen molar-refractivity contribution in [1.29, 1.82) is 0 Å². The van der Waals surface area contributed by atoms with Crippen LogP contribution >= 0.6 is 0 Å². The minimum atomic E-state index is 0.193. The molecule has 2 aromatic heterocycles. The second-order valence-electron chi connectivity index (χ2n) is 4.93. The summed E-state index contributed by atoms with van der Waals surface area (Å²) >= 11 is 0. The predicted octanol–water partition coefficient (Wildman–Crippen LogP) is 3.16. The Morgan fingerprint density at radius 3 is 2.67 bits per heavy atom. The molecule has 0 saturated heterocycles. The standard InChI is InChI=1S/C14H17N3O/c18-14-6-11(7-15-9-14)12-8-16-17(10-12)13-4-2-1-3-5-13/h6-10,13,18H,1-5H2. The third kappa shape index (κ3) is 2.23. The lowest BCUT2D eigenvalue weighted by Gasteiger charge is -2.21. The SMILES string of the molecule is Oc1cncc(-c2cnn(C3CCCCC3)c2)c1. The van der Waals surface area contributed by atoms with Crippen LogP contribution in [0.3, 0.4) is 0 Å². The summed E-state index contributed by atoms with van der Waals surface area (Å²) in [6, 6.07) is 2.26. The van der Waals surface area contributed by atoms with Crippen LogP contribution in [0.1, 0.15) is 38.1 Å². The first-order valence-electron chi connectivity index (χ1n) is 6.51. The fourth-order valence-corrected chi connectivity index (χ4v) is 2.62. The van der Waals surface area contributed by atoms with Crippen molar-refractivity contribution in [2.45, 2.75) is 38.1 Å². The Bertz CT molecular complexity index is 529. The topological polar surface area (TPSA) is 50.9 Å². The van der Waals surface area contributed by atoms with Crippen LogP contribution in [0.25, 0.3) is 11.1 Å². The largest absolute Gasteiger partial charge is 0.506 e. The fraction of sp³-hybridized carbons (Fsp3) is 0.429. The van der Waals surface area contributed by atoms with Crippen molar-refractivity contribution < 1.29 is 5.11 Å². The molecule has 1 fully saturated rings. The van der Waals surface area contributed by atoms with Gasteiger partial charge in [-0.05, 0) is 18.9 Å². The second-order valence-corrected chi connectivity index (χ2v) is 4.93. The first-order valence-corrected chi connectivity index (χ1v) is 6.51. The second kappa shape index (κ2) is 4.80. The van der Waals surface area contributed by atoms with Gasteiger partial charge in [-0.25, -0.2) is 0 Å². The van der Waals surface area contributed by atoms with Crippen LogP contribution < -0.4 is 0 Å². The van der Waals surface area contributed by atoms with Crippen LogP contribution in [0.4, 0.5) is 0 Å². The molecule has 1 saturated carbocycles. The Hall–Kier alpha value is -1.84. The van der Waals surface area contributed by atoms with Gasteiger partial charge in [0.05, 0.1) is 18.4 Å². The van der Waals surface area contributed by atoms with E-state index in [2.05, 4.69) is 21.0 Å². The summed E-state index contributed by atoms with van der Waals surface area (Å²) < 4.78 is 2.07. The molecule has 1 N–H and O–H groups in total. The van der Waals surface area contributed by atoms with Crippen molar-refractivity contribution in [1.82, 2.24) is 14.8 Å². The number of aromatic nitrogens is 3. The molecule has 3 rings (SSSR count). The van der Waals surface area contributed by atoms with Gasteiger partial charge in [0.25, 0.3) is 0 Å². The molecule has 0 aliphatic heterocycles. The van der Waals surface area contributed by atoms with Crippen molar-refractivity contribution in [3.8, 4) is 16.9 Å². The van der Waals surface area contributed by atoms with Crippen LogP contribution in [0.2, 0.25) is 0 Å². The predicted molar refractivity (Wildman–Crippen MR) is 69.2 cm³/mol. The highest BCUT2D eigenvalue weighted by Crippen LogP contribution is 2.29. The lowest BCUT2D eigenvalue weighted by atomic mass is 9.96. The summed E-state index contributed by atoms with van der Waals surface area (Å²) in [6.07, 6.45) is 13.5. The van der Waals surface area contributed by atoms with Gasteiger partial charge in [-0.3, -0.25) is 9.67 Å². The fourth-order valence-electron chi connectivity index (χ4n) is 2.62. The molecule has 4 nitrogen and oxygen atoms in total. The summed E-state index contributed by atoms with van der Waals surface area (Å²) in [4.78, 5) is 4.00. The van der Waals surface area contributed by atoms with Gasteiger partial charge < -0.3 is 5.11 Å². The van der Waals surface area contributed by atoms with Crippen LogP contribution in [0.15, 0.2) is 30.9 Å². The molecule has 1 aliphatic carbocycles. The van der Waals surface area contributed by atoms with Gasteiger partial charge >= 0.3 is 0 Å². The zero-order chi connectivity index (χ0) is 12.4. The molecule has 0 unspecified atom stereocenters. The Morgan fingerprint density at radius 2 is 1.89 bits per heavy atom. The zero-order valence-electron chi connectivity index (χ0n) is 10.3. The summed E-state index contributed by atoms with van der Waals surface area (Å²) in [7, 11) is 0. The van der Waals surface area contributed by atoms with Gasteiger partial charge in [-0.2, -0.15) is 5.10 Å². The van der Waals surface area contributed by atoms with Gasteiger partial charge in [0.15, 0.2) is 0 Å². The third-order valence-corrected chi connectivity index (χ3v) is 3.61. The molecule has 0 aromatic carbocycles. The van der Waals surface area contributed by atoms with E-state index >= 15 is 0 Å². The van der Waals surface area contributed by atoms with Gasteiger partial charge in [-0.1, -0.05) is 19.3 Å². The van der Waals surface area contributed by atoms with E-state index in [4.69, 9.17) is 0 Å². The quantitative estimate of drug-likeness (QED) is 0.881. The van der Waals surface area contributed by atoms with Crippen molar-refractivity contribution in [3.63, 3.8) is 0 Å². The van der Waals surface area contributed by atoms with E-state index in [-0.39, 0.29) is 5.75 Å². The minimum Gasteiger partial charge on any atom is -0.506 e. The van der Waals surface area contributed by atoms with Crippen LogP contribution in [-0.2, 0) is 0 Å². The number of aromatic hydroxyl groups is 1. The molecular formula is C14H17N3O.